The van der Waals surface area contributed by atoms with Gasteiger partial charge in [-0.05, 0) is 18.6 Å². The lowest BCUT2D eigenvalue weighted by atomic mass is 10.1. The van der Waals surface area contributed by atoms with Crippen LogP contribution >= 0.6 is 11.8 Å². The molecule has 0 aromatic carbocycles. The highest BCUT2D eigenvalue weighted by atomic mass is 32.2. The topological polar surface area (TPSA) is 26.3 Å². The number of carbonyl (C=O) groups excluding carboxylic acids is 1. The summed E-state index contributed by atoms with van der Waals surface area (Å²) in [5.74, 6) is 1.53. The van der Waals surface area contributed by atoms with Crippen LogP contribution in [0.2, 0.25) is 0 Å². The Morgan fingerprint density at radius 1 is 1.73 bits per heavy atom. The molecule has 64 valence electrons. The number of methoxy groups -OCH3 is 1. The minimum atomic E-state index is 0.283. The highest BCUT2D eigenvalue weighted by Gasteiger charge is 2.22. The Hall–Kier alpha value is -0.0200. The molecule has 0 aromatic heterocycles. The smallest absolute Gasteiger partial charge is 0.148 e. The molecule has 1 unspecified atom stereocenters. The molecule has 0 aromatic rings. The highest BCUT2D eigenvalue weighted by molar-refractivity contribution is 8.00. The summed E-state index contributed by atoms with van der Waals surface area (Å²) >= 11 is 1.80. The summed E-state index contributed by atoms with van der Waals surface area (Å²) in [7, 11) is 1.63. The Kier molecular flexibility index (Phi) is 3.94. The first kappa shape index (κ1) is 9.07. The van der Waals surface area contributed by atoms with Crippen LogP contribution in [0.1, 0.15) is 19.3 Å². The first-order valence-corrected chi connectivity index (χ1v) is 5.02. The van der Waals surface area contributed by atoms with Crippen LogP contribution < -0.4 is 0 Å². The van der Waals surface area contributed by atoms with Crippen LogP contribution in [0.15, 0.2) is 0 Å². The van der Waals surface area contributed by atoms with Gasteiger partial charge in [-0.1, -0.05) is 0 Å². The molecular formula is C8H14O2S. The van der Waals surface area contributed by atoms with Crippen molar-refractivity contribution in [2.45, 2.75) is 24.5 Å². The minimum absolute atomic E-state index is 0.283. The van der Waals surface area contributed by atoms with Gasteiger partial charge in [0.25, 0.3) is 0 Å². The van der Waals surface area contributed by atoms with E-state index in [0.717, 1.165) is 12.2 Å². The number of Topliss-reactive ketones (excluding diaryl/α,β-unsaturated/α-hetero) is 1. The van der Waals surface area contributed by atoms with E-state index in [9.17, 15) is 4.79 Å². The van der Waals surface area contributed by atoms with Crippen molar-refractivity contribution in [3.63, 3.8) is 0 Å². The second kappa shape index (κ2) is 4.78. The molecule has 3 heteroatoms. The summed E-state index contributed by atoms with van der Waals surface area (Å²) in [6, 6.07) is 0. The van der Waals surface area contributed by atoms with Gasteiger partial charge in [-0.25, -0.2) is 0 Å². The van der Waals surface area contributed by atoms with Gasteiger partial charge in [0.05, 0.1) is 11.9 Å². The van der Waals surface area contributed by atoms with Crippen molar-refractivity contribution in [3.8, 4) is 0 Å². The zero-order chi connectivity index (χ0) is 8.10. The number of ether oxygens (including phenoxy) is 1. The molecule has 0 radical (unpaired) electrons. The largest absolute Gasteiger partial charge is 0.384 e. The van der Waals surface area contributed by atoms with Crippen molar-refractivity contribution in [2.24, 2.45) is 0 Å². The van der Waals surface area contributed by atoms with Crippen LogP contribution in [0.3, 0.4) is 0 Å². The van der Waals surface area contributed by atoms with Crippen molar-refractivity contribution in [3.05, 3.63) is 0 Å². The van der Waals surface area contributed by atoms with Crippen molar-refractivity contribution in [1.82, 2.24) is 0 Å². The molecule has 2 nitrogen and oxygen atoms in total. The molecule has 1 aliphatic heterocycles. The van der Waals surface area contributed by atoms with Gasteiger partial charge in [-0.2, -0.15) is 11.8 Å². The lowest BCUT2D eigenvalue weighted by Crippen LogP contribution is -2.15. The van der Waals surface area contributed by atoms with Gasteiger partial charge in [-0.3, -0.25) is 4.79 Å². The van der Waals surface area contributed by atoms with Crippen molar-refractivity contribution in [1.29, 1.82) is 0 Å². The quantitative estimate of drug-likeness (QED) is 0.646. The van der Waals surface area contributed by atoms with Crippen molar-refractivity contribution >= 4 is 17.5 Å². The molecule has 1 heterocycles. The van der Waals surface area contributed by atoms with E-state index in [-0.39, 0.29) is 5.25 Å². The molecule has 0 aliphatic carbocycles. The molecule has 11 heavy (non-hydrogen) atoms. The maximum atomic E-state index is 11.3. The molecule has 1 rings (SSSR count). The van der Waals surface area contributed by atoms with Gasteiger partial charge in [-0.15, -0.1) is 0 Å². The Morgan fingerprint density at radius 3 is 3.09 bits per heavy atom. The maximum Gasteiger partial charge on any atom is 0.148 e. The molecule has 1 fully saturated rings. The average molecular weight is 174 g/mol. The Labute approximate surface area is 71.7 Å². The molecular weight excluding hydrogens is 160 g/mol. The third-order valence-corrected chi connectivity index (χ3v) is 3.27. The van der Waals surface area contributed by atoms with Crippen molar-refractivity contribution in [2.75, 3.05) is 19.5 Å². The zero-order valence-electron chi connectivity index (χ0n) is 6.84. The summed E-state index contributed by atoms with van der Waals surface area (Å²) < 4.78 is 4.84. The molecule has 1 saturated heterocycles. The molecule has 0 saturated carbocycles. The summed E-state index contributed by atoms with van der Waals surface area (Å²) in [6.07, 6.45) is 2.87. The van der Waals surface area contributed by atoms with Gasteiger partial charge >= 0.3 is 0 Å². The number of hydrogen-bond acceptors (Lipinski definition) is 3. The average Bonchev–Trinajstić information content (AvgIpc) is 2.52. The first-order chi connectivity index (χ1) is 5.34. The number of thioether (sulfide) groups is 1. The predicted octanol–water partition coefficient (Wildman–Crippen LogP) is 1.49. The molecule has 0 N–H and O–H groups in total. The number of rotatable bonds is 4. The minimum Gasteiger partial charge on any atom is -0.384 e. The molecule has 0 bridgehead atoms. The third kappa shape index (κ3) is 2.83. The summed E-state index contributed by atoms with van der Waals surface area (Å²) in [5.41, 5.74) is 0. The van der Waals surface area contributed by atoms with E-state index in [0.29, 0.717) is 18.8 Å². The number of ketones is 1. The van der Waals surface area contributed by atoms with Gasteiger partial charge in [0.15, 0.2) is 0 Å². The van der Waals surface area contributed by atoms with Crippen LogP contribution in [0, 0.1) is 0 Å². The number of hydrogen-bond donors (Lipinski definition) is 0. The van der Waals surface area contributed by atoms with Crippen molar-refractivity contribution < 1.29 is 9.53 Å². The zero-order valence-corrected chi connectivity index (χ0v) is 7.65. The molecule has 0 spiro atoms. The van der Waals surface area contributed by atoms with E-state index in [2.05, 4.69) is 0 Å². The van der Waals surface area contributed by atoms with Gasteiger partial charge in [0.1, 0.15) is 5.78 Å². The van der Waals surface area contributed by atoms with E-state index in [1.807, 2.05) is 0 Å². The second-order valence-electron chi connectivity index (χ2n) is 2.71. The normalized spacial score (nSPS) is 23.9. The summed E-state index contributed by atoms with van der Waals surface area (Å²) in [5, 5.41) is 0.283. The van der Waals surface area contributed by atoms with E-state index in [1.165, 1.54) is 6.42 Å². The van der Waals surface area contributed by atoms with Crippen LogP contribution in [0.25, 0.3) is 0 Å². The fourth-order valence-corrected chi connectivity index (χ4v) is 2.45. The Morgan fingerprint density at radius 2 is 2.55 bits per heavy atom. The summed E-state index contributed by atoms with van der Waals surface area (Å²) in [6.45, 7) is 0.579. The SMILES string of the molecule is COCCC(=O)C1CCCS1. The standard InChI is InChI=1S/C8H14O2S/c1-10-5-4-7(9)8-3-2-6-11-8/h8H,2-6H2,1H3. The third-order valence-electron chi connectivity index (χ3n) is 1.84. The predicted molar refractivity (Wildman–Crippen MR) is 47.0 cm³/mol. The molecule has 1 atom stereocenters. The summed E-state index contributed by atoms with van der Waals surface area (Å²) in [4.78, 5) is 11.3. The fourth-order valence-electron chi connectivity index (χ4n) is 1.20. The maximum absolute atomic E-state index is 11.3. The van der Waals surface area contributed by atoms with E-state index in [1.54, 1.807) is 18.9 Å². The van der Waals surface area contributed by atoms with Crippen LogP contribution in [0.5, 0.6) is 0 Å². The highest BCUT2D eigenvalue weighted by Crippen LogP contribution is 2.27. The lowest BCUT2D eigenvalue weighted by Gasteiger charge is -2.05. The van der Waals surface area contributed by atoms with Gasteiger partial charge in [0, 0.05) is 13.5 Å². The van der Waals surface area contributed by atoms with Crippen LogP contribution in [0.4, 0.5) is 0 Å². The van der Waals surface area contributed by atoms with Crippen LogP contribution in [-0.4, -0.2) is 30.5 Å². The van der Waals surface area contributed by atoms with Gasteiger partial charge in [0.2, 0.25) is 0 Å². The monoisotopic (exact) mass is 174 g/mol. The first-order valence-electron chi connectivity index (χ1n) is 3.98. The number of carbonyl (C=O) groups is 1. The lowest BCUT2D eigenvalue weighted by molar-refractivity contribution is -0.119. The van der Waals surface area contributed by atoms with E-state index >= 15 is 0 Å². The van der Waals surface area contributed by atoms with E-state index < -0.39 is 0 Å². The van der Waals surface area contributed by atoms with Gasteiger partial charge < -0.3 is 4.74 Å². The second-order valence-corrected chi connectivity index (χ2v) is 4.02. The Bertz CT molecular complexity index is 130. The molecule has 0 amide bonds. The molecule has 1 aliphatic rings. The van der Waals surface area contributed by atoms with E-state index in [4.69, 9.17) is 4.74 Å². The Balaban J connectivity index is 2.17. The van der Waals surface area contributed by atoms with Crippen LogP contribution in [-0.2, 0) is 9.53 Å². The fraction of sp³-hybridized carbons (Fsp3) is 0.875.